The number of guanidine groups is 1. The van der Waals surface area contributed by atoms with Crippen LogP contribution >= 0.6 is 0 Å². The normalized spacial score (nSPS) is 16.8. The highest BCUT2D eigenvalue weighted by atomic mass is 19.1. The zero-order chi connectivity index (χ0) is 17.9. The average molecular weight is 349 g/mol. The third-order valence-electron chi connectivity index (χ3n) is 4.93. The predicted octanol–water partition coefficient (Wildman–Crippen LogP) is 3.05. The van der Waals surface area contributed by atoms with E-state index in [1.54, 1.807) is 0 Å². The van der Waals surface area contributed by atoms with Crippen molar-refractivity contribution in [1.82, 2.24) is 15.5 Å². The third-order valence-corrected chi connectivity index (χ3v) is 4.93. The van der Waals surface area contributed by atoms with Gasteiger partial charge in [-0.25, -0.2) is 4.39 Å². The highest BCUT2D eigenvalue weighted by Gasteiger charge is 2.17. The number of piperidine rings is 1. The highest BCUT2D eigenvalue weighted by molar-refractivity contribution is 5.79. The minimum Gasteiger partial charge on any atom is -0.357 e. The first-order valence-corrected chi connectivity index (χ1v) is 9.70. The van der Waals surface area contributed by atoms with E-state index >= 15 is 0 Å². The molecular weight excluding hydrogens is 315 g/mol. The summed E-state index contributed by atoms with van der Waals surface area (Å²) in [5.41, 5.74) is 1.13. The topological polar surface area (TPSA) is 39.7 Å². The molecular formula is C20H33FN4. The minimum absolute atomic E-state index is 0.184. The summed E-state index contributed by atoms with van der Waals surface area (Å²) in [5, 5.41) is 6.68. The van der Waals surface area contributed by atoms with E-state index in [-0.39, 0.29) is 5.82 Å². The van der Waals surface area contributed by atoms with Gasteiger partial charge in [0.2, 0.25) is 0 Å². The van der Waals surface area contributed by atoms with Gasteiger partial charge in [0.15, 0.2) is 5.96 Å². The Balaban J connectivity index is 1.69. The summed E-state index contributed by atoms with van der Waals surface area (Å²) in [5.74, 6) is 1.51. The van der Waals surface area contributed by atoms with Crippen LogP contribution in [0.15, 0.2) is 29.3 Å². The Kier molecular flexibility index (Phi) is 8.73. The van der Waals surface area contributed by atoms with Gasteiger partial charge in [-0.05, 0) is 75.9 Å². The molecule has 1 heterocycles. The van der Waals surface area contributed by atoms with E-state index in [2.05, 4.69) is 29.4 Å². The van der Waals surface area contributed by atoms with Crippen molar-refractivity contribution >= 4 is 5.96 Å². The SMILES string of the molecule is CCNC(=NCCC1CCN(CC)CC1)NCCc1ccc(F)cc1. The first kappa shape index (κ1) is 19.7. The Morgan fingerprint density at radius 1 is 1.16 bits per heavy atom. The molecule has 0 saturated carbocycles. The lowest BCUT2D eigenvalue weighted by molar-refractivity contribution is 0.188. The third kappa shape index (κ3) is 7.43. The lowest BCUT2D eigenvalue weighted by atomic mass is 9.94. The van der Waals surface area contributed by atoms with E-state index in [4.69, 9.17) is 4.99 Å². The number of hydrogen-bond acceptors (Lipinski definition) is 2. The van der Waals surface area contributed by atoms with Crippen LogP contribution in [0.3, 0.4) is 0 Å². The summed E-state index contributed by atoms with van der Waals surface area (Å²) in [6, 6.07) is 6.70. The van der Waals surface area contributed by atoms with Crippen LogP contribution in [-0.4, -0.2) is 50.1 Å². The summed E-state index contributed by atoms with van der Waals surface area (Å²) in [7, 11) is 0. The molecule has 0 atom stereocenters. The number of hydrogen-bond donors (Lipinski definition) is 2. The number of benzene rings is 1. The average Bonchev–Trinajstić information content (AvgIpc) is 2.64. The van der Waals surface area contributed by atoms with Gasteiger partial charge in [0.05, 0.1) is 0 Å². The Morgan fingerprint density at radius 2 is 1.88 bits per heavy atom. The number of nitrogens with zero attached hydrogens (tertiary/aromatic N) is 2. The van der Waals surface area contributed by atoms with Crippen molar-refractivity contribution in [2.45, 2.75) is 39.5 Å². The first-order valence-electron chi connectivity index (χ1n) is 9.70. The molecule has 2 N–H and O–H groups in total. The molecule has 0 amide bonds. The maximum atomic E-state index is 12.9. The van der Waals surface area contributed by atoms with Gasteiger partial charge in [-0.15, -0.1) is 0 Å². The fourth-order valence-corrected chi connectivity index (χ4v) is 3.27. The van der Waals surface area contributed by atoms with Crippen molar-refractivity contribution in [2.75, 3.05) is 39.3 Å². The first-order chi connectivity index (χ1) is 12.2. The smallest absolute Gasteiger partial charge is 0.191 e. The molecule has 1 saturated heterocycles. The Labute approximate surface area is 151 Å². The van der Waals surface area contributed by atoms with E-state index < -0.39 is 0 Å². The van der Waals surface area contributed by atoms with Crippen LogP contribution in [0.25, 0.3) is 0 Å². The molecule has 1 aromatic rings. The maximum absolute atomic E-state index is 12.9. The number of aliphatic imine (C=N–C) groups is 1. The summed E-state index contributed by atoms with van der Waals surface area (Å²) in [4.78, 5) is 7.24. The molecule has 1 aliphatic heterocycles. The largest absolute Gasteiger partial charge is 0.357 e. The predicted molar refractivity (Wildman–Crippen MR) is 104 cm³/mol. The zero-order valence-corrected chi connectivity index (χ0v) is 15.7. The quantitative estimate of drug-likeness (QED) is 0.560. The van der Waals surface area contributed by atoms with Gasteiger partial charge in [0.1, 0.15) is 5.82 Å². The summed E-state index contributed by atoms with van der Waals surface area (Å²) in [6.07, 6.45) is 4.64. The molecule has 0 unspecified atom stereocenters. The number of likely N-dealkylation sites (tertiary alicyclic amines) is 1. The number of rotatable bonds is 8. The van der Waals surface area contributed by atoms with Crippen molar-refractivity contribution in [3.63, 3.8) is 0 Å². The van der Waals surface area contributed by atoms with Gasteiger partial charge in [-0.1, -0.05) is 19.1 Å². The molecule has 4 nitrogen and oxygen atoms in total. The van der Waals surface area contributed by atoms with Crippen molar-refractivity contribution in [1.29, 1.82) is 0 Å². The van der Waals surface area contributed by atoms with Crippen molar-refractivity contribution < 1.29 is 4.39 Å². The van der Waals surface area contributed by atoms with Crippen molar-refractivity contribution in [3.8, 4) is 0 Å². The second-order valence-corrected chi connectivity index (χ2v) is 6.73. The molecule has 1 fully saturated rings. The monoisotopic (exact) mass is 348 g/mol. The summed E-state index contributed by atoms with van der Waals surface area (Å²) >= 11 is 0. The van der Waals surface area contributed by atoms with E-state index in [0.717, 1.165) is 43.5 Å². The molecule has 25 heavy (non-hydrogen) atoms. The van der Waals surface area contributed by atoms with E-state index in [0.29, 0.717) is 0 Å². The Bertz CT molecular complexity index is 507. The molecule has 0 spiro atoms. The fraction of sp³-hybridized carbons (Fsp3) is 0.650. The molecule has 0 bridgehead atoms. The van der Waals surface area contributed by atoms with Crippen LogP contribution < -0.4 is 10.6 Å². The molecule has 0 aromatic heterocycles. The summed E-state index contributed by atoms with van der Waals surface area (Å²) < 4.78 is 12.9. The minimum atomic E-state index is -0.184. The van der Waals surface area contributed by atoms with Crippen LogP contribution in [0.4, 0.5) is 4.39 Å². The van der Waals surface area contributed by atoms with Crippen LogP contribution in [0, 0.1) is 11.7 Å². The second-order valence-electron chi connectivity index (χ2n) is 6.73. The van der Waals surface area contributed by atoms with Crippen molar-refractivity contribution in [2.24, 2.45) is 10.9 Å². The van der Waals surface area contributed by atoms with Crippen LogP contribution in [0.2, 0.25) is 0 Å². The molecule has 140 valence electrons. The molecule has 1 aromatic carbocycles. The Hall–Kier alpha value is -1.62. The Morgan fingerprint density at radius 3 is 2.52 bits per heavy atom. The lowest BCUT2D eigenvalue weighted by Gasteiger charge is -2.30. The van der Waals surface area contributed by atoms with Crippen molar-refractivity contribution in [3.05, 3.63) is 35.6 Å². The van der Waals surface area contributed by atoms with Gasteiger partial charge in [-0.2, -0.15) is 0 Å². The molecule has 0 radical (unpaired) electrons. The van der Waals surface area contributed by atoms with Gasteiger partial charge in [-0.3, -0.25) is 4.99 Å². The lowest BCUT2D eigenvalue weighted by Crippen LogP contribution is -2.38. The highest BCUT2D eigenvalue weighted by Crippen LogP contribution is 2.20. The van der Waals surface area contributed by atoms with Gasteiger partial charge in [0.25, 0.3) is 0 Å². The molecule has 5 heteroatoms. The van der Waals surface area contributed by atoms with E-state index in [9.17, 15) is 4.39 Å². The summed E-state index contributed by atoms with van der Waals surface area (Å²) in [6.45, 7) is 10.5. The fourth-order valence-electron chi connectivity index (χ4n) is 3.27. The zero-order valence-electron chi connectivity index (χ0n) is 15.7. The van der Waals surface area contributed by atoms with Crippen LogP contribution in [-0.2, 0) is 6.42 Å². The van der Waals surface area contributed by atoms with Gasteiger partial charge < -0.3 is 15.5 Å². The van der Waals surface area contributed by atoms with E-state index in [1.165, 1.54) is 51.0 Å². The maximum Gasteiger partial charge on any atom is 0.191 e. The number of nitrogens with one attached hydrogen (secondary N) is 2. The van der Waals surface area contributed by atoms with Crippen LogP contribution in [0.1, 0.15) is 38.7 Å². The molecule has 0 aliphatic carbocycles. The second kappa shape index (κ2) is 11.1. The molecule has 2 rings (SSSR count). The van der Waals surface area contributed by atoms with Gasteiger partial charge in [0, 0.05) is 19.6 Å². The molecule has 1 aliphatic rings. The standard InChI is InChI=1S/C20H33FN4/c1-3-22-20(23-13-9-17-5-7-19(21)8-6-17)24-14-10-18-11-15-25(4-2)16-12-18/h5-8,18H,3-4,9-16H2,1-2H3,(H2,22,23,24). The van der Waals surface area contributed by atoms with E-state index in [1.807, 2.05) is 12.1 Å². The van der Waals surface area contributed by atoms with Gasteiger partial charge >= 0.3 is 0 Å². The number of halogens is 1. The van der Waals surface area contributed by atoms with Crippen LogP contribution in [0.5, 0.6) is 0 Å².